The van der Waals surface area contributed by atoms with Crippen LogP contribution in [0.4, 0.5) is 5.69 Å². The number of thiocarbonyl (C=S) groups is 1. The Morgan fingerprint density at radius 1 is 1.03 bits per heavy atom. The molecule has 3 aromatic carbocycles. The monoisotopic (exact) mass is 519 g/mol. The molecule has 1 heterocycles. The van der Waals surface area contributed by atoms with Gasteiger partial charge in [-0.05, 0) is 79.9 Å². The lowest BCUT2D eigenvalue weighted by atomic mass is 9.99. The van der Waals surface area contributed by atoms with Gasteiger partial charge in [0.05, 0.1) is 35.8 Å². The minimum atomic E-state index is -0.294. The first-order valence-corrected chi connectivity index (χ1v) is 12.6. The van der Waals surface area contributed by atoms with E-state index >= 15 is 0 Å². The number of nitriles is 1. The van der Waals surface area contributed by atoms with Gasteiger partial charge >= 0.3 is 0 Å². The third kappa shape index (κ3) is 6.54. The number of carbonyl (C=O) groups is 1. The lowest BCUT2D eigenvalue weighted by Gasteiger charge is -2.17. The zero-order valence-electron chi connectivity index (χ0n) is 19.6. The van der Waals surface area contributed by atoms with E-state index in [1.54, 1.807) is 24.3 Å². The standard InChI is InChI=1S/C28H26ClN3O3S/c29-21-11-13-22(14-12-21)34-15-2-1-3-16-35-25-6-4-5-24-26(25)23(18-31-24)28(36)32-27(33)20-9-7-19(17-30)8-10-20/h4-14,23,31H,1-3,15-16,18H2,(H,32,33,36). The molecule has 0 fully saturated rings. The number of nitrogens with zero attached hydrogens (tertiary/aromatic N) is 1. The minimum Gasteiger partial charge on any atom is -0.494 e. The van der Waals surface area contributed by atoms with Crippen molar-refractivity contribution in [2.24, 2.45) is 0 Å². The maximum Gasteiger partial charge on any atom is 0.256 e. The van der Waals surface area contributed by atoms with E-state index in [1.165, 1.54) is 0 Å². The summed E-state index contributed by atoms with van der Waals surface area (Å²) >= 11 is 11.5. The molecular formula is C28H26ClN3O3S. The molecule has 0 aromatic heterocycles. The summed E-state index contributed by atoms with van der Waals surface area (Å²) in [6.07, 6.45) is 2.80. The van der Waals surface area contributed by atoms with Crippen LogP contribution in [0.1, 0.15) is 46.7 Å². The third-order valence-corrected chi connectivity index (χ3v) is 6.51. The number of carbonyl (C=O) groups excluding carboxylic acids is 1. The predicted octanol–water partition coefficient (Wildman–Crippen LogP) is 6.11. The summed E-state index contributed by atoms with van der Waals surface area (Å²) in [6.45, 7) is 1.81. The van der Waals surface area contributed by atoms with Crippen molar-refractivity contribution in [3.63, 3.8) is 0 Å². The van der Waals surface area contributed by atoms with E-state index in [9.17, 15) is 4.79 Å². The molecular weight excluding hydrogens is 494 g/mol. The molecule has 2 N–H and O–H groups in total. The highest BCUT2D eigenvalue weighted by molar-refractivity contribution is 7.80. The Bertz CT molecular complexity index is 1260. The fourth-order valence-electron chi connectivity index (χ4n) is 3.97. The normalized spacial score (nSPS) is 13.7. The van der Waals surface area contributed by atoms with Gasteiger partial charge in [-0.2, -0.15) is 5.26 Å². The largest absolute Gasteiger partial charge is 0.494 e. The van der Waals surface area contributed by atoms with Gasteiger partial charge in [0.15, 0.2) is 0 Å². The smallest absolute Gasteiger partial charge is 0.256 e. The van der Waals surface area contributed by atoms with Crippen LogP contribution >= 0.6 is 23.8 Å². The average molecular weight is 520 g/mol. The van der Waals surface area contributed by atoms with Crippen molar-refractivity contribution in [2.45, 2.75) is 25.2 Å². The number of anilines is 1. The molecule has 184 valence electrons. The van der Waals surface area contributed by atoms with Crippen LogP contribution in [0.2, 0.25) is 5.02 Å². The summed E-state index contributed by atoms with van der Waals surface area (Å²) in [5, 5.41) is 15.8. The molecule has 1 aliphatic heterocycles. The molecule has 0 spiro atoms. The molecule has 0 bridgehead atoms. The molecule has 1 aliphatic rings. The van der Waals surface area contributed by atoms with Gasteiger partial charge < -0.3 is 20.1 Å². The van der Waals surface area contributed by atoms with Gasteiger partial charge in [-0.1, -0.05) is 29.9 Å². The minimum absolute atomic E-state index is 0.179. The highest BCUT2D eigenvalue weighted by Crippen LogP contribution is 2.39. The van der Waals surface area contributed by atoms with Gasteiger partial charge in [-0.3, -0.25) is 4.79 Å². The number of ether oxygens (including phenoxy) is 2. The first-order chi connectivity index (χ1) is 17.5. The number of amides is 1. The Morgan fingerprint density at radius 3 is 2.47 bits per heavy atom. The first-order valence-electron chi connectivity index (χ1n) is 11.8. The first kappa shape index (κ1) is 25.5. The van der Waals surface area contributed by atoms with E-state index < -0.39 is 0 Å². The number of fused-ring (bicyclic) bond motifs is 1. The molecule has 4 rings (SSSR count). The van der Waals surface area contributed by atoms with Gasteiger partial charge in [0, 0.05) is 28.4 Å². The van der Waals surface area contributed by atoms with Gasteiger partial charge in [0.2, 0.25) is 0 Å². The molecule has 1 unspecified atom stereocenters. The number of unbranched alkanes of at least 4 members (excludes halogenated alkanes) is 2. The highest BCUT2D eigenvalue weighted by atomic mass is 35.5. The topological polar surface area (TPSA) is 83.4 Å². The van der Waals surface area contributed by atoms with E-state index in [0.717, 1.165) is 42.0 Å². The fraction of sp³-hybridized carbons (Fsp3) is 0.250. The summed E-state index contributed by atoms with van der Waals surface area (Å²) < 4.78 is 11.9. The van der Waals surface area contributed by atoms with Gasteiger partial charge in [0.1, 0.15) is 11.5 Å². The van der Waals surface area contributed by atoms with Crippen molar-refractivity contribution in [1.29, 1.82) is 5.26 Å². The second-order valence-corrected chi connectivity index (χ2v) is 9.25. The molecule has 8 heteroatoms. The number of benzene rings is 3. The summed E-state index contributed by atoms with van der Waals surface area (Å²) in [7, 11) is 0. The van der Waals surface area contributed by atoms with E-state index in [-0.39, 0.29) is 11.8 Å². The van der Waals surface area contributed by atoms with Crippen LogP contribution < -0.4 is 20.1 Å². The maximum atomic E-state index is 12.7. The van der Waals surface area contributed by atoms with E-state index in [0.29, 0.717) is 40.9 Å². The number of hydrogen-bond donors (Lipinski definition) is 2. The van der Waals surface area contributed by atoms with Crippen LogP contribution in [0.3, 0.4) is 0 Å². The highest BCUT2D eigenvalue weighted by Gasteiger charge is 2.30. The lowest BCUT2D eigenvalue weighted by molar-refractivity contribution is 0.0977. The SMILES string of the molecule is N#Cc1ccc(C(=O)NC(=S)C2CNc3cccc(OCCCCCOc4ccc(Cl)cc4)c32)cc1. The average Bonchev–Trinajstić information content (AvgIpc) is 3.34. The Hall–Kier alpha value is -3.60. The Labute approximate surface area is 221 Å². The fourth-order valence-corrected chi connectivity index (χ4v) is 4.39. The molecule has 0 saturated carbocycles. The number of nitrogens with one attached hydrogen (secondary N) is 2. The third-order valence-electron chi connectivity index (χ3n) is 5.87. The summed E-state index contributed by atoms with van der Waals surface area (Å²) in [5.74, 6) is 1.12. The van der Waals surface area contributed by atoms with Crippen LogP contribution in [-0.2, 0) is 0 Å². The quantitative estimate of drug-likeness (QED) is 0.248. The molecule has 1 amide bonds. The second-order valence-electron chi connectivity index (χ2n) is 8.37. The summed E-state index contributed by atoms with van der Waals surface area (Å²) in [6, 6.07) is 21.7. The van der Waals surface area contributed by atoms with Gasteiger partial charge in [0.25, 0.3) is 5.91 Å². The summed E-state index contributed by atoms with van der Waals surface area (Å²) in [4.78, 5) is 13.1. The molecule has 36 heavy (non-hydrogen) atoms. The van der Waals surface area contributed by atoms with Gasteiger partial charge in [-0.15, -0.1) is 0 Å². The van der Waals surface area contributed by atoms with Crippen molar-refractivity contribution in [1.82, 2.24) is 5.32 Å². The maximum absolute atomic E-state index is 12.7. The molecule has 6 nitrogen and oxygen atoms in total. The van der Waals surface area contributed by atoms with Crippen LogP contribution in [0.5, 0.6) is 11.5 Å². The molecule has 1 atom stereocenters. The van der Waals surface area contributed by atoms with Gasteiger partial charge in [-0.25, -0.2) is 0 Å². The number of rotatable bonds is 10. The van der Waals surface area contributed by atoms with E-state index in [2.05, 4.69) is 10.6 Å². The predicted molar refractivity (Wildman–Crippen MR) is 145 cm³/mol. The van der Waals surface area contributed by atoms with E-state index in [4.69, 9.17) is 38.6 Å². The van der Waals surface area contributed by atoms with Crippen molar-refractivity contribution >= 4 is 40.4 Å². The van der Waals surface area contributed by atoms with Crippen LogP contribution in [0.15, 0.2) is 66.7 Å². The zero-order chi connectivity index (χ0) is 25.3. The zero-order valence-corrected chi connectivity index (χ0v) is 21.2. The molecule has 0 aliphatic carbocycles. The van der Waals surface area contributed by atoms with Crippen molar-refractivity contribution in [3.8, 4) is 17.6 Å². The van der Waals surface area contributed by atoms with Crippen molar-refractivity contribution < 1.29 is 14.3 Å². The van der Waals surface area contributed by atoms with Crippen molar-refractivity contribution in [3.05, 3.63) is 88.4 Å². The van der Waals surface area contributed by atoms with Crippen LogP contribution in [0, 0.1) is 11.3 Å². The van der Waals surface area contributed by atoms with E-state index in [1.807, 2.05) is 48.5 Å². The Balaban J connectivity index is 1.26. The van der Waals surface area contributed by atoms with Crippen LogP contribution in [-0.4, -0.2) is 30.7 Å². The molecule has 0 radical (unpaired) electrons. The number of hydrogen-bond acceptors (Lipinski definition) is 6. The molecule has 0 saturated heterocycles. The Kier molecular flexibility index (Phi) is 8.77. The second kappa shape index (κ2) is 12.4. The lowest BCUT2D eigenvalue weighted by Crippen LogP contribution is -2.34. The van der Waals surface area contributed by atoms with Crippen molar-refractivity contribution in [2.75, 3.05) is 25.1 Å². The summed E-state index contributed by atoms with van der Waals surface area (Å²) in [5.41, 5.74) is 2.88. The molecule has 3 aromatic rings. The van der Waals surface area contributed by atoms with Crippen LogP contribution in [0.25, 0.3) is 0 Å². The Morgan fingerprint density at radius 2 is 1.75 bits per heavy atom. The number of halogens is 1.